The molecule has 0 fully saturated rings. The minimum Gasteiger partial charge on any atom is -0.318 e. The van der Waals surface area contributed by atoms with Crippen molar-refractivity contribution in [3.05, 3.63) is 41.3 Å². The third kappa shape index (κ3) is 3.32. The van der Waals surface area contributed by atoms with Gasteiger partial charge in [-0.25, -0.2) is 9.37 Å². The number of halogens is 2. The average molecular weight is 455 g/mol. The Bertz CT molecular complexity index is 783. The molecule has 1 aromatic carbocycles. The Morgan fingerprint density at radius 1 is 1.28 bits per heavy atom. The fraction of sp³-hybridized carbons (Fsp3) is 0.474. The van der Waals surface area contributed by atoms with E-state index in [1.165, 1.54) is 0 Å². The van der Waals surface area contributed by atoms with E-state index in [-0.39, 0.29) is 5.91 Å². The molecule has 1 aliphatic rings. The molecular weight excluding hydrogens is 432 g/mol. The molecule has 1 atom stereocenters. The van der Waals surface area contributed by atoms with Gasteiger partial charge in [0.15, 0.2) is 3.68 Å². The molecule has 2 aromatic rings. The smallest absolute Gasteiger partial charge is 0.291 e. The molecule has 0 aliphatic carbocycles. The highest BCUT2D eigenvalue weighted by atomic mass is 127. The van der Waals surface area contributed by atoms with Crippen LogP contribution in [0.5, 0.6) is 0 Å². The molecule has 6 heteroatoms. The number of hydrogen-bond acceptors (Lipinski definition) is 2. The normalized spacial score (nSPS) is 16.2. The van der Waals surface area contributed by atoms with Crippen LogP contribution < -0.4 is 0 Å². The van der Waals surface area contributed by atoms with Gasteiger partial charge in [0, 0.05) is 12.1 Å². The molecule has 134 valence electrons. The van der Waals surface area contributed by atoms with Crippen molar-refractivity contribution in [3.63, 3.8) is 0 Å². The van der Waals surface area contributed by atoms with Gasteiger partial charge in [0.25, 0.3) is 5.91 Å². The molecule has 0 spiro atoms. The third-order valence-electron chi connectivity index (χ3n) is 4.74. The molecule has 25 heavy (non-hydrogen) atoms. The molecule has 1 unspecified atom stereocenters. The van der Waals surface area contributed by atoms with Crippen molar-refractivity contribution < 1.29 is 9.18 Å². The van der Waals surface area contributed by atoms with Crippen molar-refractivity contribution in [2.75, 3.05) is 6.54 Å². The standard InChI is InChI=1S/C19H23FIN3O/c1-4-6-11-23-12-24-16(13(3)22-17(24)18(23)25)14-7-9-15(10-8-14)19(20,21)5-2/h7-10H,4-6,11-12H2,1-3H3. The minimum absolute atomic E-state index is 0.000408. The van der Waals surface area contributed by atoms with E-state index in [1.54, 1.807) is 0 Å². The lowest BCUT2D eigenvalue weighted by Crippen LogP contribution is -2.26. The van der Waals surface area contributed by atoms with Crippen LogP contribution in [0.3, 0.4) is 0 Å². The summed E-state index contributed by atoms with van der Waals surface area (Å²) in [6.07, 6.45) is 2.47. The number of aromatic nitrogens is 2. The van der Waals surface area contributed by atoms with Crippen LogP contribution in [-0.2, 0) is 10.3 Å². The van der Waals surface area contributed by atoms with Gasteiger partial charge in [-0.1, -0.05) is 44.5 Å². The first-order chi connectivity index (χ1) is 11.9. The van der Waals surface area contributed by atoms with Crippen LogP contribution in [-0.4, -0.2) is 26.9 Å². The van der Waals surface area contributed by atoms with Gasteiger partial charge in [-0.05, 0) is 47.9 Å². The summed E-state index contributed by atoms with van der Waals surface area (Å²) in [5.41, 5.74) is 3.42. The molecule has 2 heterocycles. The summed E-state index contributed by atoms with van der Waals surface area (Å²) < 4.78 is 15.1. The van der Waals surface area contributed by atoms with Gasteiger partial charge in [0.2, 0.25) is 5.82 Å². The first-order valence-corrected chi connectivity index (χ1v) is 9.82. The lowest BCUT2D eigenvalue weighted by Gasteiger charge is -2.18. The molecule has 1 aromatic heterocycles. The summed E-state index contributed by atoms with van der Waals surface area (Å²) in [6.45, 7) is 7.17. The van der Waals surface area contributed by atoms with E-state index in [9.17, 15) is 9.18 Å². The SMILES string of the molecule is CCCCN1Cn2c(nc(C)c2-c2ccc(C(F)(I)CC)cc2)C1=O. The van der Waals surface area contributed by atoms with Gasteiger partial charge in [-0.3, -0.25) is 4.79 Å². The minimum atomic E-state index is -1.35. The molecular formula is C19H23FIN3O. The number of rotatable bonds is 6. The molecule has 0 saturated heterocycles. The quantitative estimate of drug-likeness (QED) is 0.452. The topological polar surface area (TPSA) is 38.1 Å². The zero-order valence-electron chi connectivity index (χ0n) is 14.9. The molecule has 0 radical (unpaired) electrons. The number of benzene rings is 1. The zero-order valence-corrected chi connectivity index (χ0v) is 17.0. The molecule has 0 bridgehead atoms. The Morgan fingerprint density at radius 2 is 1.96 bits per heavy atom. The summed E-state index contributed by atoms with van der Waals surface area (Å²) in [6, 6.07) is 7.51. The zero-order chi connectivity index (χ0) is 18.2. The number of nitrogens with zero attached hydrogens (tertiary/aromatic N) is 3. The van der Waals surface area contributed by atoms with E-state index >= 15 is 0 Å². The van der Waals surface area contributed by atoms with Gasteiger partial charge in [0.1, 0.15) is 0 Å². The number of alkyl halides is 2. The Morgan fingerprint density at radius 3 is 2.56 bits per heavy atom. The van der Waals surface area contributed by atoms with E-state index in [1.807, 2.05) is 70.2 Å². The van der Waals surface area contributed by atoms with E-state index < -0.39 is 3.68 Å². The fourth-order valence-corrected chi connectivity index (χ4v) is 3.57. The predicted octanol–water partition coefficient (Wildman–Crippen LogP) is 5.04. The predicted molar refractivity (Wildman–Crippen MR) is 105 cm³/mol. The Balaban J connectivity index is 1.93. The summed E-state index contributed by atoms with van der Waals surface area (Å²) in [5.74, 6) is 0.510. The number of hydrogen-bond donors (Lipinski definition) is 0. The van der Waals surface area contributed by atoms with Crippen molar-refractivity contribution in [1.82, 2.24) is 14.5 Å². The fourth-order valence-electron chi connectivity index (χ4n) is 3.21. The van der Waals surface area contributed by atoms with Crippen molar-refractivity contribution in [1.29, 1.82) is 0 Å². The summed E-state index contributed by atoms with van der Waals surface area (Å²) >= 11 is 1.85. The highest BCUT2D eigenvalue weighted by Crippen LogP contribution is 2.38. The number of imidazole rings is 1. The number of unbranched alkanes of at least 4 members (excludes halogenated alkanes) is 1. The van der Waals surface area contributed by atoms with Crippen molar-refractivity contribution in [3.8, 4) is 11.3 Å². The Labute approximate surface area is 161 Å². The Hall–Kier alpha value is -1.44. The highest BCUT2D eigenvalue weighted by Gasteiger charge is 2.32. The molecule has 1 amide bonds. The molecule has 0 N–H and O–H groups in total. The lowest BCUT2D eigenvalue weighted by molar-refractivity contribution is 0.0763. The van der Waals surface area contributed by atoms with Crippen molar-refractivity contribution in [2.45, 2.75) is 50.4 Å². The number of carbonyl (C=O) groups is 1. The maximum atomic E-state index is 14.5. The van der Waals surface area contributed by atoms with Gasteiger partial charge in [-0.15, -0.1) is 0 Å². The Kier molecular flexibility index (Phi) is 5.18. The molecule has 3 rings (SSSR count). The van der Waals surface area contributed by atoms with E-state index in [4.69, 9.17) is 0 Å². The number of fused-ring (bicyclic) bond motifs is 1. The number of aryl methyl sites for hydroxylation is 1. The second-order valence-corrected chi connectivity index (χ2v) is 8.21. The van der Waals surface area contributed by atoms with Crippen molar-refractivity contribution in [2.24, 2.45) is 0 Å². The van der Waals surface area contributed by atoms with Crippen LogP contribution in [0.1, 0.15) is 55.0 Å². The van der Waals surface area contributed by atoms with E-state index in [0.717, 1.165) is 36.3 Å². The first-order valence-electron chi connectivity index (χ1n) is 8.74. The number of carbonyl (C=O) groups excluding carboxylic acids is 1. The molecule has 1 aliphatic heterocycles. The van der Waals surface area contributed by atoms with Crippen LogP contribution >= 0.6 is 22.6 Å². The van der Waals surface area contributed by atoms with Crippen LogP contribution in [0, 0.1) is 6.92 Å². The van der Waals surface area contributed by atoms with Crippen LogP contribution in [0.15, 0.2) is 24.3 Å². The summed E-state index contributed by atoms with van der Waals surface area (Å²) in [7, 11) is 0. The lowest BCUT2D eigenvalue weighted by atomic mass is 10.0. The third-order valence-corrected chi connectivity index (χ3v) is 6.12. The summed E-state index contributed by atoms with van der Waals surface area (Å²) in [5, 5.41) is 0. The molecule has 0 saturated carbocycles. The second-order valence-electron chi connectivity index (χ2n) is 6.50. The number of amides is 1. The van der Waals surface area contributed by atoms with E-state index in [0.29, 0.717) is 24.5 Å². The van der Waals surface area contributed by atoms with E-state index in [2.05, 4.69) is 11.9 Å². The largest absolute Gasteiger partial charge is 0.318 e. The maximum Gasteiger partial charge on any atom is 0.291 e. The van der Waals surface area contributed by atoms with Crippen molar-refractivity contribution >= 4 is 28.5 Å². The van der Waals surface area contributed by atoms with Gasteiger partial charge in [0.05, 0.1) is 18.1 Å². The van der Waals surface area contributed by atoms with Gasteiger partial charge >= 0.3 is 0 Å². The highest BCUT2D eigenvalue weighted by molar-refractivity contribution is 14.1. The monoisotopic (exact) mass is 455 g/mol. The molecule has 4 nitrogen and oxygen atoms in total. The maximum absolute atomic E-state index is 14.5. The van der Waals surface area contributed by atoms with Crippen LogP contribution in [0.2, 0.25) is 0 Å². The average Bonchev–Trinajstić information content (AvgIpc) is 3.08. The van der Waals surface area contributed by atoms with Crippen LogP contribution in [0.25, 0.3) is 11.3 Å². The van der Waals surface area contributed by atoms with Gasteiger partial charge < -0.3 is 9.47 Å². The second kappa shape index (κ2) is 7.05. The first kappa shape index (κ1) is 18.4. The summed E-state index contributed by atoms with van der Waals surface area (Å²) in [4.78, 5) is 18.9. The van der Waals surface area contributed by atoms with Crippen LogP contribution in [0.4, 0.5) is 4.39 Å². The van der Waals surface area contributed by atoms with Gasteiger partial charge in [-0.2, -0.15) is 0 Å².